The SMILES string of the molecule is COCC(COc1nn(-c2ccccc2)c(NC(=O)Oc2ccccc2)c1C)O[Si](C)(C)C(C)(C)C. The van der Waals surface area contributed by atoms with Gasteiger partial charge in [-0.3, -0.25) is 5.32 Å². The predicted octanol–water partition coefficient (Wildman–Crippen LogP) is 6.21. The zero-order valence-corrected chi connectivity index (χ0v) is 23.2. The van der Waals surface area contributed by atoms with E-state index in [0.717, 1.165) is 5.69 Å². The van der Waals surface area contributed by atoms with Gasteiger partial charge < -0.3 is 18.6 Å². The maximum absolute atomic E-state index is 12.7. The summed E-state index contributed by atoms with van der Waals surface area (Å²) in [6.07, 6.45) is -0.872. The van der Waals surface area contributed by atoms with Crippen molar-refractivity contribution in [1.29, 1.82) is 0 Å². The molecule has 0 saturated heterocycles. The van der Waals surface area contributed by atoms with Crippen molar-refractivity contribution in [2.24, 2.45) is 0 Å². The highest BCUT2D eigenvalue weighted by Crippen LogP contribution is 2.37. The van der Waals surface area contributed by atoms with Crippen molar-refractivity contribution in [3.05, 3.63) is 66.2 Å². The van der Waals surface area contributed by atoms with Crippen LogP contribution in [0.2, 0.25) is 18.1 Å². The summed E-state index contributed by atoms with van der Waals surface area (Å²) in [5, 5.41) is 7.54. The first-order chi connectivity index (χ1) is 17.0. The molecule has 1 amide bonds. The minimum Gasteiger partial charge on any atom is -0.474 e. The number of aromatic nitrogens is 2. The summed E-state index contributed by atoms with van der Waals surface area (Å²) < 4.78 is 25.1. The number of nitrogens with zero attached hydrogens (tertiary/aromatic N) is 2. The molecule has 0 fully saturated rings. The standard InChI is InChI=1S/C27H37N3O5Si/c1-20-24(28-26(31)34-22-16-12-9-13-17-22)30(21-14-10-8-11-15-21)29-25(20)33-19-23(18-32-5)35-36(6,7)27(2,3)4/h8-17,23H,18-19H2,1-7H3,(H,28,31). The van der Waals surface area contributed by atoms with Crippen LogP contribution in [0.4, 0.5) is 10.6 Å². The molecule has 0 aliphatic carbocycles. The van der Waals surface area contributed by atoms with Crippen molar-refractivity contribution in [2.75, 3.05) is 25.6 Å². The van der Waals surface area contributed by atoms with Crippen LogP contribution >= 0.6 is 0 Å². The maximum atomic E-state index is 12.7. The number of carbonyl (C=O) groups excluding carboxylic acids is 1. The molecule has 194 valence electrons. The number of anilines is 1. The molecule has 1 N–H and O–H groups in total. The van der Waals surface area contributed by atoms with E-state index in [9.17, 15) is 4.79 Å². The molecule has 3 aromatic rings. The Bertz CT molecular complexity index is 1130. The van der Waals surface area contributed by atoms with Crippen molar-refractivity contribution in [2.45, 2.75) is 51.9 Å². The highest BCUT2D eigenvalue weighted by Gasteiger charge is 2.39. The summed E-state index contributed by atoms with van der Waals surface area (Å²) in [7, 11) is -0.383. The Morgan fingerprint density at radius 2 is 1.64 bits per heavy atom. The minimum atomic E-state index is -2.03. The molecule has 9 heteroatoms. The van der Waals surface area contributed by atoms with Gasteiger partial charge in [-0.15, -0.1) is 5.10 Å². The largest absolute Gasteiger partial charge is 0.474 e. The summed E-state index contributed by atoms with van der Waals surface area (Å²) in [4.78, 5) is 12.7. The van der Waals surface area contributed by atoms with Gasteiger partial charge in [0, 0.05) is 7.11 Å². The zero-order chi connectivity index (χ0) is 26.3. The average molecular weight is 512 g/mol. The molecule has 2 aromatic carbocycles. The Labute approximate surface area is 214 Å². The van der Waals surface area contributed by atoms with Crippen LogP contribution in [0.1, 0.15) is 26.3 Å². The second-order valence-corrected chi connectivity index (χ2v) is 14.9. The molecule has 1 unspecified atom stereocenters. The Morgan fingerprint density at radius 3 is 2.22 bits per heavy atom. The van der Waals surface area contributed by atoms with Gasteiger partial charge in [-0.2, -0.15) is 0 Å². The van der Waals surface area contributed by atoms with E-state index in [1.54, 1.807) is 36.1 Å². The van der Waals surface area contributed by atoms with Gasteiger partial charge in [0.1, 0.15) is 24.3 Å². The fourth-order valence-corrected chi connectivity index (χ4v) is 4.62. The summed E-state index contributed by atoms with van der Waals surface area (Å²) in [5.74, 6) is 1.31. The number of amides is 1. The number of hydrogen-bond donors (Lipinski definition) is 1. The van der Waals surface area contributed by atoms with Gasteiger partial charge in [0.25, 0.3) is 0 Å². The smallest absolute Gasteiger partial charge is 0.418 e. The van der Waals surface area contributed by atoms with E-state index in [-0.39, 0.29) is 17.7 Å². The number of methoxy groups -OCH3 is 1. The Balaban J connectivity index is 1.83. The lowest BCUT2D eigenvalue weighted by molar-refractivity contribution is 0.0384. The van der Waals surface area contributed by atoms with Gasteiger partial charge in [0.15, 0.2) is 8.32 Å². The molecule has 1 atom stereocenters. The highest BCUT2D eigenvalue weighted by atomic mass is 28.4. The van der Waals surface area contributed by atoms with Gasteiger partial charge >= 0.3 is 6.09 Å². The molecule has 0 spiro atoms. The summed E-state index contributed by atoms with van der Waals surface area (Å²) in [6, 6.07) is 18.4. The average Bonchev–Trinajstić information content (AvgIpc) is 3.13. The third kappa shape index (κ3) is 6.96. The number of para-hydroxylation sites is 2. The number of carbonyl (C=O) groups is 1. The molecule has 1 aromatic heterocycles. The van der Waals surface area contributed by atoms with Crippen LogP contribution in [0.5, 0.6) is 11.6 Å². The van der Waals surface area contributed by atoms with E-state index >= 15 is 0 Å². The molecule has 1 heterocycles. The van der Waals surface area contributed by atoms with Crippen molar-refractivity contribution in [1.82, 2.24) is 9.78 Å². The van der Waals surface area contributed by atoms with E-state index in [1.807, 2.05) is 43.3 Å². The van der Waals surface area contributed by atoms with Gasteiger partial charge in [-0.1, -0.05) is 57.2 Å². The van der Waals surface area contributed by atoms with Crippen LogP contribution in [0.3, 0.4) is 0 Å². The lowest BCUT2D eigenvalue weighted by Gasteiger charge is -2.39. The maximum Gasteiger partial charge on any atom is 0.418 e. The third-order valence-corrected chi connectivity index (χ3v) is 10.8. The van der Waals surface area contributed by atoms with Crippen LogP contribution in [-0.2, 0) is 9.16 Å². The Hall–Kier alpha value is -3.14. The van der Waals surface area contributed by atoms with E-state index in [0.29, 0.717) is 29.6 Å². The van der Waals surface area contributed by atoms with Crippen molar-refractivity contribution >= 4 is 20.2 Å². The first-order valence-electron chi connectivity index (χ1n) is 12.0. The van der Waals surface area contributed by atoms with E-state index in [1.165, 1.54) is 0 Å². The van der Waals surface area contributed by atoms with Crippen LogP contribution in [-0.4, -0.2) is 50.6 Å². The van der Waals surface area contributed by atoms with Crippen LogP contribution < -0.4 is 14.8 Å². The summed E-state index contributed by atoms with van der Waals surface area (Å²) in [6.45, 7) is 13.5. The second kappa shape index (κ2) is 11.7. The minimum absolute atomic E-state index is 0.0556. The van der Waals surface area contributed by atoms with Gasteiger partial charge in [-0.05, 0) is 49.3 Å². The van der Waals surface area contributed by atoms with Gasteiger partial charge in [0.2, 0.25) is 5.88 Å². The molecular weight excluding hydrogens is 474 g/mol. The molecule has 0 aliphatic heterocycles. The quantitative estimate of drug-likeness (QED) is 0.326. The van der Waals surface area contributed by atoms with Crippen molar-refractivity contribution in [3.8, 4) is 17.3 Å². The van der Waals surface area contributed by atoms with Gasteiger partial charge in [-0.25, -0.2) is 9.48 Å². The van der Waals surface area contributed by atoms with Crippen LogP contribution in [0, 0.1) is 6.92 Å². The normalized spacial score (nSPS) is 12.8. The third-order valence-electron chi connectivity index (χ3n) is 6.28. The molecule has 8 nitrogen and oxygen atoms in total. The topological polar surface area (TPSA) is 83.8 Å². The molecule has 0 bridgehead atoms. The van der Waals surface area contributed by atoms with Gasteiger partial charge in [0.05, 0.1) is 17.9 Å². The molecule has 0 saturated carbocycles. The van der Waals surface area contributed by atoms with E-state index in [2.05, 4.69) is 44.3 Å². The van der Waals surface area contributed by atoms with Crippen molar-refractivity contribution in [3.63, 3.8) is 0 Å². The monoisotopic (exact) mass is 511 g/mol. The van der Waals surface area contributed by atoms with Crippen molar-refractivity contribution < 1.29 is 23.4 Å². The Morgan fingerprint density at radius 1 is 1.03 bits per heavy atom. The highest BCUT2D eigenvalue weighted by molar-refractivity contribution is 6.74. The number of ether oxygens (including phenoxy) is 3. The zero-order valence-electron chi connectivity index (χ0n) is 22.2. The molecular formula is C27H37N3O5Si. The first-order valence-corrected chi connectivity index (χ1v) is 14.9. The molecule has 0 radical (unpaired) electrons. The fourth-order valence-electron chi connectivity index (χ4n) is 3.30. The van der Waals surface area contributed by atoms with Crippen LogP contribution in [0.15, 0.2) is 60.7 Å². The lowest BCUT2D eigenvalue weighted by Crippen LogP contribution is -2.46. The second-order valence-electron chi connectivity index (χ2n) is 10.1. The summed E-state index contributed by atoms with van der Waals surface area (Å²) in [5.41, 5.74) is 1.45. The lowest BCUT2D eigenvalue weighted by atomic mass is 10.2. The fraction of sp³-hybridized carbons (Fsp3) is 0.407. The molecule has 36 heavy (non-hydrogen) atoms. The molecule has 0 aliphatic rings. The van der Waals surface area contributed by atoms with E-state index < -0.39 is 14.4 Å². The first kappa shape index (κ1) is 27.4. The number of hydrogen-bond acceptors (Lipinski definition) is 6. The summed E-state index contributed by atoms with van der Waals surface area (Å²) >= 11 is 0. The van der Waals surface area contributed by atoms with Crippen LogP contribution in [0.25, 0.3) is 5.69 Å². The predicted molar refractivity (Wildman–Crippen MR) is 144 cm³/mol. The van der Waals surface area contributed by atoms with E-state index in [4.69, 9.17) is 18.6 Å². The Kier molecular flexibility index (Phi) is 8.94. The molecule has 3 rings (SSSR count). The number of nitrogens with one attached hydrogen (secondary N) is 1. The number of benzene rings is 2. The number of rotatable bonds is 10.